The van der Waals surface area contributed by atoms with Gasteiger partial charge in [-0.2, -0.15) is 0 Å². The molecule has 18 heavy (non-hydrogen) atoms. The fraction of sp³-hybridized carbons (Fsp3) is 0.500. The molecule has 0 bridgehead atoms. The SMILES string of the molecule is Cc1oc(CNC(=O)C2CCCS2)cc1C(=O)O. The van der Waals surface area contributed by atoms with Gasteiger partial charge in [0.05, 0.1) is 11.8 Å². The molecule has 98 valence electrons. The smallest absolute Gasteiger partial charge is 0.339 e. The first kappa shape index (κ1) is 13.0. The monoisotopic (exact) mass is 269 g/mol. The number of aryl methyl sites for hydroxylation is 1. The zero-order chi connectivity index (χ0) is 13.1. The van der Waals surface area contributed by atoms with Crippen LogP contribution in [0.25, 0.3) is 0 Å². The standard InChI is InChI=1S/C12H15NO4S/c1-7-9(12(15)16)5-8(17-7)6-13-11(14)10-3-2-4-18-10/h5,10H,2-4,6H2,1H3,(H,13,14)(H,15,16). The summed E-state index contributed by atoms with van der Waals surface area (Å²) < 4.78 is 5.29. The second-order valence-electron chi connectivity index (χ2n) is 4.21. The highest BCUT2D eigenvalue weighted by Gasteiger charge is 2.23. The normalized spacial score (nSPS) is 18.8. The number of carbonyl (C=O) groups is 2. The number of hydrogen-bond acceptors (Lipinski definition) is 4. The number of amides is 1. The molecular weight excluding hydrogens is 254 g/mol. The summed E-state index contributed by atoms with van der Waals surface area (Å²) in [7, 11) is 0. The molecule has 0 aromatic carbocycles. The summed E-state index contributed by atoms with van der Waals surface area (Å²) in [5.74, 6) is 0.855. The molecule has 1 fully saturated rings. The zero-order valence-corrected chi connectivity index (χ0v) is 10.9. The van der Waals surface area contributed by atoms with Gasteiger partial charge in [-0.1, -0.05) is 0 Å². The van der Waals surface area contributed by atoms with E-state index in [1.165, 1.54) is 6.07 Å². The van der Waals surface area contributed by atoms with Crippen molar-refractivity contribution in [2.45, 2.75) is 31.6 Å². The number of hydrogen-bond donors (Lipinski definition) is 2. The van der Waals surface area contributed by atoms with Crippen LogP contribution in [0.2, 0.25) is 0 Å². The van der Waals surface area contributed by atoms with Crippen molar-refractivity contribution in [2.75, 3.05) is 5.75 Å². The first-order valence-electron chi connectivity index (χ1n) is 5.80. The first-order valence-corrected chi connectivity index (χ1v) is 6.84. The van der Waals surface area contributed by atoms with Crippen LogP contribution in [0.15, 0.2) is 10.5 Å². The number of thioether (sulfide) groups is 1. The highest BCUT2D eigenvalue weighted by molar-refractivity contribution is 8.00. The van der Waals surface area contributed by atoms with E-state index in [4.69, 9.17) is 9.52 Å². The average molecular weight is 269 g/mol. The number of carbonyl (C=O) groups excluding carboxylic acids is 1. The van der Waals surface area contributed by atoms with Gasteiger partial charge in [0.1, 0.15) is 17.1 Å². The lowest BCUT2D eigenvalue weighted by atomic mass is 10.2. The lowest BCUT2D eigenvalue weighted by molar-refractivity contribution is -0.120. The Balaban J connectivity index is 1.91. The number of nitrogens with one attached hydrogen (secondary N) is 1. The minimum Gasteiger partial charge on any atom is -0.478 e. The van der Waals surface area contributed by atoms with Crippen LogP contribution in [-0.2, 0) is 11.3 Å². The number of aromatic carboxylic acids is 1. The van der Waals surface area contributed by atoms with Gasteiger partial charge in [-0.05, 0) is 31.6 Å². The van der Waals surface area contributed by atoms with E-state index in [-0.39, 0.29) is 23.3 Å². The van der Waals surface area contributed by atoms with Crippen molar-refractivity contribution in [3.8, 4) is 0 Å². The van der Waals surface area contributed by atoms with Gasteiger partial charge in [0.25, 0.3) is 0 Å². The molecule has 1 aromatic heterocycles. The van der Waals surface area contributed by atoms with Crippen LogP contribution in [-0.4, -0.2) is 28.0 Å². The Morgan fingerprint density at radius 3 is 2.94 bits per heavy atom. The quantitative estimate of drug-likeness (QED) is 0.871. The third kappa shape index (κ3) is 2.87. The minimum absolute atomic E-state index is 0.00317. The average Bonchev–Trinajstić information content (AvgIpc) is 2.94. The van der Waals surface area contributed by atoms with Crippen LogP contribution in [0, 0.1) is 6.92 Å². The Morgan fingerprint density at radius 2 is 2.39 bits per heavy atom. The van der Waals surface area contributed by atoms with Crippen molar-refractivity contribution >= 4 is 23.6 Å². The second-order valence-corrected chi connectivity index (χ2v) is 5.52. The molecular formula is C12H15NO4S. The first-order chi connectivity index (χ1) is 8.58. The van der Waals surface area contributed by atoms with Crippen molar-refractivity contribution in [1.29, 1.82) is 0 Å². The van der Waals surface area contributed by atoms with Gasteiger partial charge in [-0.15, -0.1) is 11.8 Å². The third-order valence-electron chi connectivity index (χ3n) is 2.86. The number of carboxylic acids is 1. The topological polar surface area (TPSA) is 79.5 Å². The van der Waals surface area contributed by atoms with E-state index >= 15 is 0 Å². The molecule has 1 aliphatic rings. The molecule has 2 heterocycles. The predicted octanol–water partition coefficient (Wildman–Crippen LogP) is 1.80. The minimum atomic E-state index is -1.01. The number of rotatable bonds is 4. The largest absolute Gasteiger partial charge is 0.478 e. The molecule has 1 aliphatic heterocycles. The van der Waals surface area contributed by atoms with Crippen molar-refractivity contribution in [1.82, 2.24) is 5.32 Å². The highest BCUT2D eigenvalue weighted by atomic mass is 32.2. The van der Waals surface area contributed by atoms with Crippen LogP contribution in [0.3, 0.4) is 0 Å². The lowest BCUT2D eigenvalue weighted by Gasteiger charge is -2.08. The van der Waals surface area contributed by atoms with Gasteiger partial charge in [-0.3, -0.25) is 4.79 Å². The summed E-state index contributed by atoms with van der Waals surface area (Å²) in [4.78, 5) is 22.6. The highest BCUT2D eigenvalue weighted by Crippen LogP contribution is 2.26. The lowest BCUT2D eigenvalue weighted by Crippen LogP contribution is -2.30. The van der Waals surface area contributed by atoms with E-state index in [0.29, 0.717) is 11.5 Å². The van der Waals surface area contributed by atoms with Gasteiger partial charge in [0, 0.05) is 0 Å². The molecule has 5 nitrogen and oxygen atoms in total. The Labute approximate surface area is 109 Å². The maximum Gasteiger partial charge on any atom is 0.339 e. The molecule has 0 spiro atoms. The second kappa shape index (κ2) is 5.48. The summed E-state index contributed by atoms with van der Waals surface area (Å²) >= 11 is 1.66. The molecule has 2 rings (SSSR count). The maximum absolute atomic E-state index is 11.8. The Morgan fingerprint density at radius 1 is 1.61 bits per heavy atom. The Bertz CT molecular complexity index is 463. The summed E-state index contributed by atoms with van der Waals surface area (Å²) in [5, 5.41) is 11.7. The van der Waals surface area contributed by atoms with E-state index in [0.717, 1.165) is 18.6 Å². The molecule has 1 aromatic rings. The summed E-state index contributed by atoms with van der Waals surface area (Å²) in [6, 6.07) is 1.46. The Kier molecular flexibility index (Phi) is 3.96. The van der Waals surface area contributed by atoms with E-state index in [2.05, 4.69) is 5.32 Å². The van der Waals surface area contributed by atoms with E-state index < -0.39 is 5.97 Å². The van der Waals surface area contributed by atoms with Crippen LogP contribution in [0.1, 0.15) is 34.7 Å². The van der Waals surface area contributed by atoms with Crippen molar-refractivity contribution < 1.29 is 19.1 Å². The zero-order valence-electron chi connectivity index (χ0n) is 10.1. The third-order valence-corrected chi connectivity index (χ3v) is 4.23. The van der Waals surface area contributed by atoms with Crippen LogP contribution < -0.4 is 5.32 Å². The number of furan rings is 1. The van der Waals surface area contributed by atoms with Gasteiger partial charge in [0.15, 0.2) is 0 Å². The molecule has 1 unspecified atom stereocenters. The molecule has 0 radical (unpaired) electrons. The van der Waals surface area contributed by atoms with Gasteiger partial charge < -0.3 is 14.8 Å². The van der Waals surface area contributed by atoms with Crippen LogP contribution >= 0.6 is 11.8 Å². The van der Waals surface area contributed by atoms with E-state index in [1.807, 2.05) is 0 Å². The Hall–Kier alpha value is -1.43. The summed E-state index contributed by atoms with van der Waals surface area (Å²) in [5.41, 5.74) is 0.148. The van der Waals surface area contributed by atoms with Gasteiger partial charge in [0.2, 0.25) is 5.91 Å². The molecule has 2 N–H and O–H groups in total. The van der Waals surface area contributed by atoms with Crippen molar-refractivity contribution in [3.05, 3.63) is 23.2 Å². The molecule has 1 amide bonds. The molecule has 1 saturated heterocycles. The van der Waals surface area contributed by atoms with Crippen molar-refractivity contribution in [2.24, 2.45) is 0 Å². The van der Waals surface area contributed by atoms with E-state index in [1.54, 1.807) is 18.7 Å². The fourth-order valence-corrected chi connectivity index (χ4v) is 3.10. The summed E-state index contributed by atoms with van der Waals surface area (Å²) in [6.07, 6.45) is 1.99. The molecule has 6 heteroatoms. The molecule has 1 atom stereocenters. The number of carboxylic acid groups (broad SMARTS) is 1. The van der Waals surface area contributed by atoms with Gasteiger partial charge >= 0.3 is 5.97 Å². The van der Waals surface area contributed by atoms with Crippen LogP contribution in [0.5, 0.6) is 0 Å². The molecule has 0 aliphatic carbocycles. The maximum atomic E-state index is 11.8. The summed E-state index contributed by atoms with van der Waals surface area (Å²) in [6.45, 7) is 1.84. The van der Waals surface area contributed by atoms with E-state index in [9.17, 15) is 9.59 Å². The predicted molar refractivity (Wildman–Crippen MR) is 67.7 cm³/mol. The van der Waals surface area contributed by atoms with Crippen molar-refractivity contribution in [3.63, 3.8) is 0 Å². The molecule has 0 saturated carbocycles. The fourth-order valence-electron chi connectivity index (χ4n) is 1.92. The van der Waals surface area contributed by atoms with Crippen LogP contribution in [0.4, 0.5) is 0 Å². The van der Waals surface area contributed by atoms with Gasteiger partial charge in [-0.25, -0.2) is 4.79 Å².